The van der Waals surface area contributed by atoms with Crippen molar-refractivity contribution >= 4 is 11.8 Å². The number of carbonyl (C=O) groups excluding carboxylic acids is 1. The zero-order valence-corrected chi connectivity index (χ0v) is 15.7. The highest BCUT2D eigenvalue weighted by Gasteiger charge is 2.31. The molecule has 5 heteroatoms. The highest BCUT2D eigenvalue weighted by atomic mass is 16.6. The summed E-state index contributed by atoms with van der Waals surface area (Å²) in [6.07, 6.45) is 4.83. The van der Waals surface area contributed by atoms with Gasteiger partial charge in [-0.15, -0.1) is 0 Å². The lowest BCUT2D eigenvalue weighted by Gasteiger charge is -2.35. The van der Waals surface area contributed by atoms with E-state index in [-0.39, 0.29) is 0 Å². The third kappa shape index (κ3) is 5.44. The molecule has 0 aliphatic carbocycles. The number of fused-ring (bicyclic) bond motifs is 1. The molecule has 3 rings (SSSR count). The van der Waals surface area contributed by atoms with Gasteiger partial charge in [-0.25, -0.2) is 4.79 Å². The molecule has 2 N–H and O–H groups in total. The lowest BCUT2D eigenvalue weighted by molar-refractivity contribution is 0.0636. The van der Waals surface area contributed by atoms with Crippen LogP contribution in [0.25, 0.3) is 0 Å². The van der Waals surface area contributed by atoms with Gasteiger partial charge in [-0.05, 0) is 77.2 Å². The second-order valence-electron chi connectivity index (χ2n) is 8.26. The quantitative estimate of drug-likeness (QED) is 0.873. The van der Waals surface area contributed by atoms with Gasteiger partial charge in [0.2, 0.25) is 0 Å². The normalized spacial score (nSPS) is 24.0. The van der Waals surface area contributed by atoms with E-state index in [0.717, 1.165) is 18.3 Å². The molecule has 0 spiro atoms. The van der Waals surface area contributed by atoms with Crippen molar-refractivity contribution in [2.45, 2.75) is 70.7 Å². The van der Waals surface area contributed by atoms with E-state index >= 15 is 0 Å². The molecule has 1 aromatic rings. The van der Waals surface area contributed by atoms with Gasteiger partial charge < -0.3 is 15.0 Å². The van der Waals surface area contributed by atoms with Gasteiger partial charge in [0, 0.05) is 24.3 Å². The standard InChI is InChI=1S/C20H31N3O2/c1-20(2,3)25-19(24)22-16-8-6-15(7-9-16)14-21-17-10-12-23-11-4-5-18(23)13-17/h6-9,17-18,21H,4-5,10-14H2,1-3H3,(H,22,24). The van der Waals surface area contributed by atoms with Crippen LogP contribution in [0.3, 0.4) is 0 Å². The van der Waals surface area contributed by atoms with Gasteiger partial charge in [0.15, 0.2) is 0 Å². The molecule has 2 heterocycles. The van der Waals surface area contributed by atoms with E-state index in [4.69, 9.17) is 4.74 Å². The van der Waals surface area contributed by atoms with Crippen LogP contribution in [0.1, 0.15) is 52.0 Å². The zero-order valence-electron chi connectivity index (χ0n) is 15.7. The smallest absolute Gasteiger partial charge is 0.412 e. The molecule has 0 aromatic heterocycles. The maximum Gasteiger partial charge on any atom is 0.412 e. The number of hydrogen-bond donors (Lipinski definition) is 2. The number of nitrogens with one attached hydrogen (secondary N) is 2. The molecule has 1 amide bonds. The van der Waals surface area contributed by atoms with Crippen LogP contribution in [0.15, 0.2) is 24.3 Å². The van der Waals surface area contributed by atoms with E-state index in [2.05, 4.69) is 27.7 Å². The summed E-state index contributed by atoms with van der Waals surface area (Å²) in [6, 6.07) is 9.40. The Balaban J connectivity index is 1.44. The number of amides is 1. The summed E-state index contributed by atoms with van der Waals surface area (Å²) in [5.41, 5.74) is 1.52. The first-order chi connectivity index (χ1) is 11.9. The van der Waals surface area contributed by atoms with E-state index in [1.54, 1.807) is 0 Å². The minimum Gasteiger partial charge on any atom is -0.444 e. The number of rotatable bonds is 4. The highest BCUT2D eigenvalue weighted by Crippen LogP contribution is 2.27. The Morgan fingerprint density at radius 3 is 2.68 bits per heavy atom. The van der Waals surface area contributed by atoms with Gasteiger partial charge in [0.25, 0.3) is 0 Å². The molecule has 0 bridgehead atoms. The van der Waals surface area contributed by atoms with Crippen molar-refractivity contribution in [1.29, 1.82) is 0 Å². The minimum atomic E-state index is -0.483. The average molecular weight is 345 g/mol. The monoisotopic (exact) mass is 345 g/mol. The second-order valence-corrected chi connectivity index (χ2v) is 8.26. The molecule has 5 nitrogen and oxygen atoms in total. The molecule has 2 unspecified atom stereocenters. The summed E-state index contributed by atoms with van der Waals surface area (Å²) in [4.78, 5) is 14.4. The number of nitrogens with zero attached hydrogens (tertiary/aromatic N) is 1. The third-order valence-electron chi connectivity index (χ3n) is 5.01. The molecule has 2 aliphatic heterocycles. The summed E-state index contributed by atoms with van der Waals surface area (Å²) >= 11 is 0. The van der Waals surface area contributed by atoms with Crippen molar-refractivity contribution in [2.75, 3.05) is 18.4 Å². The van der Waals surface area contributed by atoms with Crippen LogP contribution in [0, 0.1) is 0 Å². The topological polar surface area (TPSA) is 53.6 Å². The molecular weight excluding hydrogens is 314 g/mol. The fourth-order valence-electron chi connectivity index (χ4n) is 3.80. The molecule has 25 heavy (non-hydrogen) atoms. The van der Waals surface area contributed by atoms with Crippen LogP contribution in [0.5, 0.6) is 0 Å². The fourth-order valence-corrected chi connectivity index (χ4v) is 3.80. The van der Waals surface area contributed by atoms with E-state index < -0.39 is 11.7 Å². The number of hydrogen-bond acceptors (Lipinski definition) is 4. The van der Waals surface area contributed by atoms with Crippen LogP contribution in [0.2, 0.25) is 0 Å². The molecule has 1 aromatic carbocycles. The van der Waals surface area contributed by atoms with Gasteiger partial charge in [0.05, 0.1) is 0 Å². The number of ether oxygens (including phenoxy) is 1. The number of carbonyl (C=O) groups is 1. The summed E-state index contributed by atoms with van der Waals surface area (Å²) < 4.78 is 5.27. The molecule has 2 atom stereocenters. The Kier molecular flexibility index (Phi) is 5.64. The Morgan fingerprint density at radius 1 is 1.20 bits per heavy atom. The van der Waals surface area contributed by atoms with Crippen molar-refractivity contribution < 1.29 is 9.53 Å². The minimum absolute atomic E-state index is 0.415. The fraction of sp³-hybridized carbons (Fsp3) is 0.650. The first kappa shape index (κ1) is 18.2. The summed E-state index contributed by atoms with van der Waals surface area (Å²) in [7, 11) is 0. The van der Waals surface area contributed by atoms with Crippen LogP contribution in [-0.2, 0) is 11.3 Å². The Labute approximate surface area is 151 Å². The molecule has 2 aliphatic rings. The second kappa shape index (κ2) is 7.75. The lowest BCUT2D eigenvalue weighted by Crippen LogP contribution is -2.45. The van der Waals surface area contributed by atoms with Crippen molar-refractivity contribution in [2.24, 2.45) is 0 Å². The largest absolute Gasteiger partial charge is 0.444 e. The van der Waals surface area contributed by atoms with Gasteiger partial charge in [0.1, 0.15) is 5.60 Å². The molecule has 0 radical (unpaired) electrons. The number of piperidine rings is 1. The first-order valence-corrected chi connectivity index (χ1v) is 9.45. The van der Waals surface area contributed by atoms with Crippen LogP contribution in [0.4, 0.5) is 10.5 Å². The van der Waals surface area contributed by atoms with Crippen molar-refractivity contribution in [3.63, 3.8) is 0 Å². The van der Waals surface area contributed by atoms with E-state index in [9.17, 15) is 4.79 Å². The van der Waals surface area contributed by atoms with Gasteiger partial charge >= 0.3 is 6.09 Å². The van der Waals surface area contributed by atoms with Crippen LogP contribution < -0.4 is 10.6 Å². The van der Waals surface area contributed by atoms with E-state index in [0.29, 0.717) is 6.04 Å². The maximum atomic E-state index is 11.8. The molecule has 2 saturated heterocycles. The third-order valence-corrected chi connectivity index (χ3v) is 5.01. The maximum absolute atomic E-state index is 11.8. The van der Waals surface area contributed by atoms with Gasteiger partial charge in [-0.3, -0.25) is 5.32 Å². The Bertz CT molecular complexity index is 580. The molecular formula is C20H31N3O2. The van der Waals surface area contributed by atoms with E-state index in [1.807, 2.05) is 32.9 Å². The van der Waals surface area contributed by atoms with Crippen molar-refractivity contribution in [3.8, 4) is 0 Å². The summed E-state index contributed by atoms with van der Waals surface area (Å²) in [6.45, 7) is 8.99. The van der Waals surface area contributed by atoms with Gasteiger partial charge in [-0.1, -0.05) is 12.1 Å². The molecule has 0 saturated carbocycles. The van der Waals surface area contributed by atoms with E-state index in [1.165, 1.54) is 44.3 Å². The highest BCUT2D eigenvalue weighted by molar-refractivity contribution is 5.84. The van der Waals surface area contributed by atoms with Crippen LogP contribution >= 0.6 is 0 Å². The molecule has 138 valence electrons. The first-order valence-electron chi connectivity index (χ1n) is 9.45. The lowest BCUT2D eigenvalue weighted by atomic mass is 9.97. The molecule has 2 fully saturated rings. The average Bonchev–Trinajstić information content (AvgIpc) is 3.00. The Hall–Kier alpha value is -1.59. The predicted octanol–water partition coefficient (Wildman–Crippen LogP) is 3.75. The number of anilines is 1. The Morgan fingerprint density at radius 2 is 1.96 bits per heavy atom. The number of benzene rings is 1. The van der Waals surface area contributed by atoms with Gasteiger partial charge in [-0.2, -0.15) is 0 Å². The predicted molar refractivity (Wildman–Crippen MR) is 101 cm³/mol. The van der Waals surface area contributed by atoms with Crippen molar-refractivity contribution in [3.05, 3.63) is 29.8 Å². The SMILES string of the molecule is CC(C)(C)OC(=O)Nc1ccc(CNC2CCN3CCCC3C2)cc1. The van der Waals surface area contributed by atoms with Crippen LogP contribution in [-0.4, -0.2) is 41.8 Å². The zero-order chi connectivity index (χ0) is 17.9. The van der Waals surface area contributed by atoms with Crippen molar-refractivity contribution in [1.82, 2.24) is 10.2 Å². The summed E-state index contributed by atoms with van der Waals surface area (Å²) in [5.74, 6) is 0. The summed E-state index contributed by atoms with van der Waals surface area (Å²) in [5, 5.41) is 6.47.